The van der Waals surface area contributed by atoms with Crippen LogP contribution < -0.4 is 0 Å². The maximum atomic E-state index is 6.92. The summed E-state index contributed by atoms with van der Waals surface area (Å²) < 4.78 is 13.6. The van der Waals surface area contributed by atoms with Crippen LogP contribution in [0.2, 0.25) is 0 Å². The van der Waals surface area contributed by atoms with Crippen molar-refractivity contribution < 1.29 is 9.47 Å². The van der Waals surface area contributed by atoms with E-state index >= 15 is 0 Å². The zero-order valence-electron chi connectivity index (χ0n) is 37.6. The van der Waals surface area contributed by atoms with Crippen LogP contribution in [0.15, 0.2) is 48.6 Å². The van der Waals surface area contributed by atoms with Gasteiger partial charge in [0.05, 0.1) is 12.7 Å². The van der Waals surface area contributed by atoms with Crippen LogP contribution in [0.4, 0.5) is 0 Å². The lowest BCUT2D eigenvalue weighted by Gasteiger charge is -2.29. The average Bonchev–Trinajstić information content (AvgIpc) is 3.55. The Labute approximate surface area is 340 Å². The molecule has 54 heavy (non-hydrogen) atoms. The molecule has 1 aliphatic heterocycles. The molecule has 1 rings (SSSR count). The minimum Gasteiger partial charge on any atom is -0.347 e. The van der Waals surface area contributed by atoms with Crippen LogP contribution in [-0.2, 0) is 9.47 Å². The van der Waals surface area contributed by atoms with Crippen molar-refractivity contribution in [1.29, 1.82) is 0 Å². The molecular weight excluding hydrogens is 657 g/mol. The third-order valence-corrected chi connectivity index (χ3v) is 11.9. The number of hydrogen-bond acceptors (Lipinski definition) is 2. The zero-order valence-corrected chi connectivity index (χ0v) is 37.6. The first-order chi connectivity index (χ1) is 26.4. The molecule has 1 aliphatic rings. The Balaban J connectivity index is 2.37. The van der Waals surface area contributed by atoms with Crippen LogP contribution >= 0.6 is 0 Å². The second-order valence-electron chi connectivity index (χ2n) is 18.1. The lowest BCUT2D eigenvalue weighted by Crippen LogP contribution is -2.31. The van der Waals surface area contributed by atoms with Crippen molar-refractivity contribution in [3.8, 4) is 0 Å². The molecule has 316 valence electrons. The van der Waals surface area contributed by atoms with Crippen molar-refractivity contribution in [3.63, 3.8) is 0 Å². The van der Waals surface area contributed by atoms with E-state index < -0.39 is 0 Å². The topological polar surface area (TPSA) is 18.5 Å². The minimum absolute atomic E-state index is 0.280. The van der Waals surface area contributed by atoms with Gasteiger partial charge in [-0.25, -0.2) is 0 Å². The molecule has 0 N–H and O–H groups in total. The summed E-state index contributed by atoms with van der Waals surface area (Å²) in [5.41, 5.74) is 0.488. The molecule has 0 radical (unpaired) electrons. The lowest BCUT2D eigenvalue weighted by molar-refractivity contribution is -0.180. The van der Waals surface area contributed by atoms with E-state index in [0.717, 1.165) is 38.7 Å². The van der Waals surface area contributed by atoms with Crippen LogP contribution in [0.3, 0.4) is 0 Å². The predicted octanol–water partition coefficient (Wildman–Crippen LogP) is 17.9. The van der Waals surface area contributed by atoms with Gasteiger partial charge in [0.25, 0.3) is 0 Å². The van der Waals surface area contributed by atoms with Crippen molar-refractivity contribution in [1.82, 2.24) is 0 Å². The largest absolute Gasteiger partial charge is 0.347 e. The Bertz CT molecular complexity index is 861. The van der Waals surface area contributed by atoms with Crippen LogP contribution in [0, 0.1) is 11.3 Å². The summed E-state index contributed by atoms with van der Waals surface area (Å²) in [5, 5.41) is 0. The van der Waals surface area contributed by atoms with E-state index in [1.807, 2.05) is 0 Å². The molecular formula is C52H96O2. The highest BCUT2D eigenvalue weighted by molar-refractivity contribution is 4.93. The first-order valence-electron chi connectivity index (χ1n) is 24.3. The van der Waals surface area contributed by atoms with Crippen LogP contribution in [0.25, 0.3) is 0 Å². The number of rotatable bonds is 39. The maximum absolute atomic E-state index is 6.92. The minimum atomic E-state index is -0.322. The third-order valence-electron chi connectivity index (χ3n) is 11.9. The summed E-state index contributed by atoms with van der Waals surface area (Å²) in [6, 6.07) is 0. The standard InChI is InChI=1S/C52H96O2/c1-7-10-13-15-17-19-21-23-25-27-29-31-33-35-37-39-45-52(46-40-38-36-34-32-30-28-26-24-22-20-18-16-14-11-8-2)53-48-50(54-52)47-49(4)42-41-44-51(5,6)43-12-9-3/h17-20,23-26,49-50H,7-16,21-22,27-48H2,1-6H3/b19-17-,20-18-,25-23-,26-24-/t49?,50-/m1/s1. The Kier molecular flexibility index (Phi) is 34.2. The summed E-state index contributed by atoms with van der Waals surface area (Å²) in [6.45, 7) is 15.1. The fourth-order valence-corrected chi connectivity index (χ4v) is 8.16. The van der Waals surface area contributed by atoms with Gasteiger partial charge in [0.15, 0.2) is 5.79 Å². The molecule has 0 saturated carbocycles. The molecule has 0 spiro atoms. The first kappa shape index (κ1) is 50.9. The van der Waals surface area contributed by atoms with E-state index in [1.165, 1.54) is 180 Å². The fourth-order valence-electron chi connectivity index (χ4n) is 8.16. The van der Waals surface area contributed by atoms with Gasteiger partial charge in [0.1, 0.15) is 0 Å². The molecule has 1 fully saturated rings. The molecule has 0 bridgehead atoms. The number of ether oxygens (including phenoxy) is 2. The van der Waals surface area contributed by atoms with Gasteiger partial charge >= 0.3 is 0 Å². The number of allylic oxidation sites excluding steroid dienone is 8. The highest BCUT2D eigenvalue weighted by Crippen LogP contribution is 2.37. The molecule has 2 nitrogen and oxygen atoms in total. The third kappa shape index (κ3) is 31.0. The summed E-state index contributed by atoms with van der Waals surface area (Å²) in [5.74, 6) is 0.386. The van der Waals surface area contributed by atoms with Crippen molar-refractivity contribution in [2.45, 2.75) is 265 Å². The summed E-state index contributed by atoms with van der Waals surface area (Å²) in [6.07, 6.45) is 61.7. The molecule has 1 heterocycles. The zero-order chi connectivity index (χ0) is 39.3. The summed E-state index contributed by atoms with van der Waals surface area (Å²) >= 11 is 0. The molecule has 0 aromatic rings. The van der Waals surface area contributed by atoms with Crippen molar-refractivity contribution >= 4 is 0 Å². The Morgan fingerprint density at radius 3 is 1.39 bits per heavy atom. The normalized spacial score (nSPS) is 17.0. The van der Waals surface area contributed by atoms with E-state index in [0.29, 0.717) is 11.3 Å². The summed E-state index contributed by atoms with van der Waals surface area (Å²) in [7, 11) is 0. The number of hydrogen-bond donors (Lipinski definition) is 0. The van der Waals surface area contributed by atoms with Crippen LogP contribution in [-0.4, -0.2) is 18.5 Å². The highest BCUT2D eigenvalue weighted by Gasteiger charge is 2.40. The number of unbranched alkanes of at least 4 members (excludes halogenated alkanes) is 19. The molecule has 1 saturated heterocycles. The molecule has 2 heteroatoms. The van der Waals surface area contributed by atoms with Gasteiger partial charge in [-0.1, -0.05) is 193 Å². The van der Waals surface area contributed by atoms with Gasteiger partial charge in [0, 0.05) is 12.8 Å². The van der Waals surface area contributed by atoms with E-state index in [4.69, 9.17) is 9.47 Å². The Hall–Kier alpha value is -1.12. The van der Waals surface area contributed by atoms with Gasteiger partial charge in [-0.15, -0.1) is 0 Å². The fraction of sp³-hybridized carbons (Fsp3) is 0.846. The highest BCUT2D eigenvalue weighted by atomic mass is 16.7. The lowest BCUT2D eigenvalue weighted by atomic mass is 9.81. The van der Waals surface area contributed by atoms with Gasteiger partial charge in [-0.2, -0.15) is 0 Å². The molecule has 1 unspecified atom stereocenters. The summed E-state index contributed by atoms with van der Waals surface area (Å²) in [4.78, 5) is 0. The molecule has 2 atom stereocenters. The second kappa shape index (κ2) is 36.2. The van der Waals surface area contributed by atoms with Crippen molar-refractivity contribution in [3.05, 3.63) is 48.6 Å². The SMILES string of the molecule is CCCCC/C=C\C/C=C\CCCCCCCCC1(CCCCCCCC/C=C\C/C=C\CCCCC)OC[C@@H](CC(C)CCCC(C)(C)CCCC)O1. The van der Waals surface area contributed by atoms with Gasteiger partial charge < -0.3 is 9.47 Å². The van der Waals surface area contributed by atoms with Crippen LogP contribution in [0.5, 0.6) is 0 Å². The van der Waals surface area contributed by atoms with Gasteiger partial charge in [0.2, 0.25) is 0 Å². The van der Waals surface area contributed by atoms with Crippen LogP contribution in [0.1, 0.15) is 253 Å². The molecule has 0 aromatic heterocycles. The average molecular weight is 753 g/mol. The van der Waals surface area contributed by atoms with Crippen molar-refractivity contribution in [2.24, 2.45) is 11.3 Å². The molecule has 0 aliphatic carbocycles. The first-order valence-corrected chi connectivity index (χ1v) is 24.3. The van der Waals surface area contributed by atoms with E-state index in [9.17, 15) is 0 Å². The van der Waals surface area contributed by atoms with E-state index in [2.05, 4.69) is 90.2 Å². The van der Waals surface area contributed by atoms with E-state index in [-0.39, 0.29) is 11.9 Å². The van der Waals surface area contributed by atoms with Gasteiger partial charge in [-0.3, -0.25) is 0 Å². The molecule has 0 amide bonds. The van der Waals surface area contributed by atoms with E-state index in [1.54, 1.807) is 0 Å². The predicted molar refractivity (Wildman–Crippen MR) is 242 cm³/mol. The van der Waals surface area contributed by atoms with Gasteiger partial charge in [-0.05, 0) is 108 Å². The Morgan fingerprint density at radius 1 is 0.519 bits per heavy atom. The maximum Gasteiger partial charge on any atom is 0.168 e. The smallest absolute Gasteiger partial charge is 0.168 e. The van der Waals surface area contributed by atoms with Crippen molar-refractivity contribution in [2.75, 3.05) is 6.61 Å². The Morgan fingerprint density at radius 2 is 0.926 bits per heavy atom. The quantitative estimate of drug-likeness (QED) is 0.0460. The second-order valence-corrected chi connectivity index (χ2v) is 18.1. The molecule has 0 aromatic carbocycles. The monoisotopic (exact) mass is 753 g/mol.